The van der Waals surface area contributed by atoms with Gasteiger partial charge in [-0.2, -0.15) is 0 Å². The van der Waals surface area contributed by atoms with Crippen LogP contribution < -0.4 is 20.3 Å². The molecule has 0 aliphatic heterocycles. The van der Waals surface area contributed by atoms with Gasteiger partial charge in [0.25, 0.3) is 11.5 Å². The molecule has 0 saturated carbocycles. The van der Waals surface area contributed by atoms with Crippen molar-refractivity contribution in [2.45, 2.75) is 27.3 Å². The number of aromatic nitrogens is 2. The average Bonchev–Trinajstić information content (AvgIpc) is 2.69. The molecule has 0 atom stereocenters. The molecule has 0 spiro atoms. The third kappa shape index (κ3) is 3.43. The highest BCUT2D eigenvalue weighted by Crippen LogP contribution is 2.33. The number of anilines is 1. The zero-order valence-corrected chi connectivity index (χ0v) is 16.6. The molecule has 0 aliphatic rings. The van der Waals surface area contributed by atoms with Crippen LogP contribution in [0.3, 0.4) is 0 Å². The maximum absolute atomic E-state index is 12.8. The first-order chi connectivity index (χ1) is 13.4. The molecular formula is C21H23N3O4. The zero-order chi connectivity index (χ0) is 20.4. The number of aryl methyl sites for hydroxylation is 3. The number of carbonyl (C=O) groups is 1. The average molecular weight is 381 g/mol. The summed E-state index contributed by atoms with van der Waals surface area (Å²) in [4.78, 5) is 29.4. The number of nitrogens with zero attached hydrogens (tertiary/aromatic N) is 2. The second-order valence-electron chi connectivity index (χ2n) is 6.43. The van der Waals surface area contributed by atoms with E-state index in [9.17, 15) is 9.59 Å². The summed E-state index contributed by atoms with van der Waals surface area (Å²) >= 11 is 0. The maximum Gasteiger partial charge on any atom is 0.272 e. The van der Waals surface area contributed by atoms with Crippen molar-refractivity contribution in [1.82, 2.24) is 9.55 Å². The minimum absolute atomic E-state index is 0.117. The molecule has 7 heteroatoms. The fourth-order valence-corrected chi connectivity index (χ4v) is 3.14. The summed E-state index contributed by atoms with van der Waals surface area (Å²) in [6.45, 7) is 5.99. The Kier molecular flexibility index (Phi) is 5.35. The van der Waals surface area contributed by atoms with Gasteiger partial charge in [-0.05, 0) is 50.6 Å². The van der Waals surface area contributed by atoms with Crippen LogP contribution in [0.1, 0.15) is 28.5 Å². The van der Waals surface area contributed by atoms with Crippen molar-refractivity contribution in [2.75, 3.05) is 19.5 Å². The molecule has 146 valence electrons. The smallest absolute Gasteiger partial charge is 0.272 e. The van der Waals surface area contributed by atoms with Crippen molar-refractivity contribution < 1.29 is 14.3 Å². The number of benzene rings is 2. The third-order valence-corrected chi connectivity index (χ3v) is 4.67. The van der Waals surface area contributed by atoms with E-state index in [0.29, 0.717) is 46.0 Å². The van der Waals surface area contributed by atoms with Gasteiger partial charge in [0.1, 0.15) is 5.69 Å². The highest BCUT2D eigenvalue weighted by molar-refractivity contribution is 6.06. The minimum atomic E-state index is -0.272. The largest absolute Gasteiger partial charge is 0.493 e. The van der Waals surface area contributed by atoms with Gasteiger partial charge in [-0.3, -0.25) is 9.59 Å². The van der Waals surface area contributed by atoms with E-state index in [-0.39, 0.29) is 11.5 Å². The van der Waals surface area contributed by atoms with Crippen molar-refractivity contribution >= 4 is 22.6 Å². The van der Waals surface area contributed by atoms with Gasteiger partial charge in [-0.15, -0.1) is 0 Å². The molecule has 1 heterocycles. The van der Waals surface area contributed by atoms with Crippen LogP contribution in [-0.4, -0.2) is 29.7 Å². The van der Waals surface area contributed by atoms with Crippen LogP contribution in [0.15, 0.2) is 35.1 Å². The van der Waals surface area contributed by atoms with Gasteiger partial charge in [-0.25, -0.2) is 4.98 Å². The van der Waals surface area contributed by atoms with Gasteiger partial charge in [0.15, 0.2) is 11.5 Å². The Balaban J connectivity index is 1.98. The molecule has 1 aromatic heterocycles. The van der Waals surface area contributed by atoms with Crippen molar-refractivity contribution in [3.63, 3.8) is 0 Å². The van der Waals surface area contributed by atoms with Gasteiger partial charge in [0, 0.05) is 23.9 Å². The lowest BCUT2D eigenvalue weighted by Gasteiger charge is -2.14. The van der Waals surface area contributed by atoms with Gasteiger partial charge < -0.3 is 19.4 Å². The Morgan fingerprint density at radius 1 is 1.11 bits per heavy atom. The molecule has 0 aliphatic carbocycles. The third-order valence-electron chi connectivity index (χ3n) is 4.67. The van der Waals surface area contributed by atoms with E-state index in [1.165, 1.54) is 0 Å². The number of amides is 1. The zero-order valence-electron chi connectivity index (χ0n) is 16.6. The first-order valence-electron chi connectivity index (χ1n) is 8.94. The van der Waals surface area contributed by atoms with Gasteiger partial charge in [-0.1, -0.05) is 0 Å². The quantitative estimate of drug-likeness (QED) is 0.733. The van der Waals surface area contributed by atoms with Crippen molar-refractivity contribution in [3.8, 4) is 11.5 Å². The second-order valence-corrected chi connectivity index (χ2v) is 6.43. The topological polar surface area (TPSA) is 82.5 Å². The predicted molar refractivity (Wildman–Crippen MR) is 109 cm³/mol. The first-order valence-corrected chi connectivity index (χ1v) is 8.94. The van der Waals surface area contributed by atoms with E-state index in [0.717, 1.165) is 5.56 Å². The van der Waals surface area contributed by atoms with Crippen molar-refractivity contribution in [3.05, 3.63) is 57.5 Å². The van der Waals surface area contributed by atoms with E-state index < -0.39 is 0 Å². The molecule has 1 N–H and O–H groups in total. The van der Waals surface area contributed by atoms with E-state index in [1.54, 1.807) is 56.0 Å². The summed E-state index contributed by atoms with van der Waals surface area (Å²) < 4.78 is 12.2. The number of rotatable bonds is 5. The van der Waals surface area contributed by atoms with Crippen LogP contribution in [0.5, 0.6) is 11.5 Å². The molecule has 1 amide bonds. The summed E-state index contributed by atoms with van der Waals surface area (Å²) in [5.41, 5.74) is 3.53. The summed E-state index contributed by atoms with van der Waals surface area (Å²) in [5, 5.41) is 2.90. The number of methoxy groups -OCH3 is 2. The number of ether oxygens (including phenoxy) is 2. The number of hydrogen-bond donors (Lipinski definition) is 1. The molecule has 0 bridgehead atoms. The first kappa shape index (κ1) is 19.4. The normalized spacial score (nSPS) is 10.8. The molecule has 0 fully saturated rings. The maximum atomic E-state index is 12.8. The lowest BCUT2D eigenvalue weighted by molar-refractivity contribution is 0.102. The summed E-state index contributed by atoms with van der Waals surface area (Å²) in [5.74, 6) is 0.859. The van der Waals surface area contributed by atoms with Crippen LogP contribution >= 0.6 is 0 Å². The number of carbonyl (C=O) groups excluding carboxylic acids is 1. The van der Waals surface area contributed by atoms with Crippen LogP contribution in [0.25, 0.3) is 11.0 Å². The molecule has 28 heavy (non-hydrogen) atoms. The van der Waals surface area contributed by atoms with Crippen LogP contribution in [-0.2, 0) is 6.54 Å². The monoisotopic (exact) mass is 381 g/mol. The highest BCUT2D eigenvalue weighted by Gasteiger charge is 2.14. The number of nitrogens with one attached hydrogen (secondary N) is 1. The van der Waals surface area contributed by atoms with Gasteiger partial charge in [0.2, 0.25) is 0 Å². The molecule has 0 saturated heterocycles. The Morgan fingerprint density at radius 2 is 1.79 bits per heavy atom. The Bertz CT molecular complexity index is 1120. The lowest BCUT2D eigenvalue weighted by Crippen LogP contribution is -2.23. The van der Waals surface area contributed by atoms with E-state index >= 15 is 0 Å². The summed E-state index contributed by atoms with van der Waals surface area (Å²) in [7, 11) is 3.11. The van der Waals surface area contributed by atoms with Crippen LogP contribution in [0.2, 0.25) is 0 Å². The summed E-state index contributed by atoms with van der Waals surface area (Å²) in [6.07, 6.45) is 0. The predicted octanol–water partition coefficient (Wildman–Crippen LogP) is 3.30. The van der Waals surface area contributed by atoms with E-state index in [2.05, 4.69) is 10.3 Å². The minimum Gasteiger partial charge on any atom is -0.493 e. The fraction of sp³-hybridized carbons (Fsp3) is 0.286. The van der Waals surface area contributed by atoms with Gasteiger partial charge >= 0.3 is 0 Å². The van der Waals surface area contributed by atoms with Crippen LogP contribution in [0, 0.1) is 13.8 Å². The standard InChI is InChI=1S/C21H23N3O4/c1-6-24-17-8-7-14(10-16(17)22-13(3)21(24)26)20(25)23-15-11-19(28-5)18(27-4)9-12(15)2/h7-11H,6H2,1-5H3,(H,23,25). The molecule has 0 radical (unpaired) electrons. The van der Waals surface area contributed by atoms with Crippen molar-refractivity contribution in [1.29, 1.82) is 0 Å². The van der Waals surface area contributed by atoms with Crippen molar-refractivity contribution in [2.24, 2.45) is 0 Å². The highest BCUT2D eigenvalue weighted by atomic mass is 16.5. The molecule has 7 nitrogen and oxygen atoms in total. The fourth-order valence-electron chi connectivity index (χ4n) is 3.14. The Hall–Kier alpha value is -3.35. The molecule has 3 aromatic rings. The van der Waals surface area contributed by atoms with E-state index in [4.69, 9.17) is 9.47 Å². The lowest BCUT2D eigenvalue weighted by atomic mass is 10.1. The molecule has 3 rings (SSSR count). The van der Waals surface area contributed by atoms with E-state index in [1.807, 2.05) is 13.8 Å². The molecular weight excluding hydrogens is 358 g/mol. The number of fused-ring (bicyclic) bond motifs is 1. The SMILES string of the molecule is CCn1c(=O)c(C)nc2cc(C(=O)Nc3cc(OC)c(OC)cc3C)ccc21. The van der Waals surface area contributed by atoms with Gasteiger partial charge in [0.05, 0.1) is 25.3 Å². The molecule has 0 unspecified atom stereocenters. The number of hydrogen-bond acceptors (Lipinski definition) is 5. The Labute approximate surface area is 162 Å². The second kappa shape index (κ2) is 7.72. The molecule has 2 aromatic carbocycles. The summed E-state index contributed by atoms with van der Waals surface area (Å²) in [6, 6.07) is 8.67. The van der Waals surface area contributed by atoms with Crippen LogP contribution in [0.4, 0.5) is 5.69 Å². The Morgan fingerprint density at radius 3 is 2.43 bits per heavy atom.